The number of fused-ring (bicyclic) bond motifs is 1. The van der Waals surface area contributed by atoms with Gasteiger partial charge in [0.05, 0.1) is 0 Å². The van der Waals surface area contributed by atoms with Gasteiger partial charge in [0.25, 0.3) is 0 Å². The third-order valence-corrected chi connectivity index (χ3v) is 5.38. The average Bonchev–Trinajstić information content (AvgIpc) is 2.44. The van der Waals surface area contributed by atoms with Crippen molar-refractivity contribution in [3.05, 3.63) is 28.2 Å². The molecule has 20 heavy (non-hydrogen) atoms. The largest absolute Gasteiger partial charge is 0.398 e. The number of likely N-dealkylation sites (tertiary alicyclic amines) is 1. The van der Waals surface area contributed by atoms with Gasteiger partial charge in [-0.3, -0.25) is 9.69 Å². The Morgan fingerprint density at radius 3 is 3.10 bits per heavy atom. The van der Waals surface area contributed by atoms with E-state index in [4.69, 9.17) is 5.73 Å². The Morgan fingerprint density at radius 1 is 1.40 bits per heavy atom. The summed E-state index contributed by atoms with van der Waals surface area (Å²) in [6.07, 6.45) is 2.75. The number of hydrogen-bond donors (Lipinski definition) is 2. The molecule has 0 aliphatic carbocycles. The molecule has 1 aromatic carbocycles. The highest BCUT2D eigenvalue weighted by Gasteiger charge is 2.33. The lowest BCUT2D eigenvalue weighted by Gasteiger charge is -2.41. The maximum atomic E-state index is 11.4. The van der Waals surface area contributed by atoms with Gasteiger partial charge in [0.1, 0.15) is 0 Å². The first-order chi connectivity index (χ1) is 9.63. The van der Waals surface area contributed by atoms with Gasteiger partial charge in [0.15, 0.2) is 0 Å². The third kappa shape index (κ3) is 2.83. The van der Waals surface area contributed by atoms with Crippen molar-refractivity contribution < 1.29 is 4.79 Å². The van der Waals surface area contributed by atoms with Crippen LogP contribution in [0.3, 0.4) is 0 Å². The van der Waals surface area contributed by atoms with E-state index in [0.717, 1.165) is 42.6 Å². The fraction of sp³-hybridized carbons (Fsp3) is 0.533. The van der Waals surface area contributed by atoms with Gasteiger partial charge in [-0.15, -0.1) is 0 Å². The predicted molar refractivity (Wildman–Crippen MR) is 83.1 cm³/mol. The molecule has 4 nitrogen and oxygen atoms in total. The summed E-state index contributed by atoms with van der Waals surface area (Å²) < 4.78 is 1.01. The number of nitrogen functional groups attached to an aromatic ring is 1. The van der Waals surface area contributed by atoms with Gasteiger partial charge in [-0.2, -0.15) is 0 Å². The van der Waals surface area contributed by atoms with Crippen LogP contribution in [0.25, 0.3) is 0 Å². The van der Waals surface area contributed by atoms with E-state index in [1.54, 1.807) is 0 Å². The molecule has 3 N–H and O–H groups in total. The molecule has 2 aliphatic rings. The van der Waals surface area contributed by atoms with Crippen molar-refractivity contribution in [2.45, 2.75) is 31.8 Å². The number of nitrogens with zero attached hydrogens (tertiary/aromatic N) is 1. The summed E-state index contributed by atoms with van der Waals surface area (Å²) in [7, 11) is 0. The number of benzene rings is 1. The summed E-state index contributed by atoms with van der Waals surface area (Å²) in [6.45, 7) is 3.01. The topological polar surface area (TPSA) is 58.4 Å². The molecular formula is C15H20BrN3O. The Labute approximate surface area is 127 Å². The third-order valence-electron chi connectivity index (χ3n) is 4.41. The van der Waals surface area contributed by atoms with E-state index in [0.29, 0.717) is 18.4 Å². The molecule has 2 heterocycles. The molecule has 108 valence electrons. The summed E-state index contributed by atoms with van der Waals surface area (Å²) in [5.74, 6) is 0.819. The van der Waals surface area contributed by atoms with Crippen LogP contribution in [0.5, 0.6) is 0 Å². The van der Waals surface area contributed by atoms with Gasteiger partial charge < -0.3 is 11.1 Å². The number of anilines is 1. The quantitative estimate of drug-likeness (QED) is 0.813. The van der Waals surface area contributed by atoms with Gasteiger partial charge in [-0.25, -0.2) is 0 Å². The molecule has 2 fully saturated rings. The molecule has 0 saturated carbocycles. The molecule has 2 saturated heterocycles. The molecule has 0 spiro atoms. The van der Waals surface area contributed by atoms with E-state index >= 15 is 0 Å². The first kappa shape index (κ1) is 13.9. The Kier molecular flexibility index (Phi) is 3.98. The van der Waals surface area contributed by atoms with Crippen molar-refractivity contribution in [1.29, 1.82) is 0 Å². The molecule has 0 aromatic heterocycles. The number of carbonyl (C=O) groups excluding carboxylic acids is 1. The minimum absolute atomic E-state index is 0.221. The summed E-state index contributed by atoms with van der Waals surface area (Å²) in [5, 5.41) is 3.13. The summed E-state index contributed by atoms with van der Waals surface area (Å²) in [6, 6.07) is 6.42. The summed E-state index contributed by atoms with van der Waals surface area (Å²) >= 11 is 3.58. The zero-order valence-electron chi connectivity index (χ0n) is 11.4. The number of hydrogen-bond acceptors (Lipinski definition) is 3. The lowest BCUT2D eigenvalue weighted by Crippen LogP contribution is -2.53. The van der Waals surface area contributed by atoms with E-state index in [1.165, 1.54) is 5.56 Å². The van der Waals surface area contributed by atoms with Gasteiger partial charge in [0.2, 0.25) is 5.91 Å². The lowest BCUT2D eigenvalue weighted by atomic mass is 9.85. The zero-order valence-corrected chi connectivity index (χ0v) is 13.0. The van der Waals surface area contributed by atoms with Crippen LogP contribution >= 0.6 is 15.9 Å². The molecule has 3 rings (SSSR count). The number of halogens is 1. The van der Waals surface area contributed by atoms with Crippen LogP contribution in [0.2, 0.25) is 0 Å². The van der Waals surface area contributed by atoms with Crippen LogP contribution in [-0.4, -0.2) is 29.9 Å². The fourth-order valence-corrected chi connectivity index (χ4v) is 3.68. The number of amides is 1. The fourth-order valence-electron chi connectivity index (χ4n) is 3.29. The molecule has 2 atom stereocenters. The zero-order chi connectivity index (χ0) is 14.1. The smallest absolute Gasteiger partial charge is 0.220 e. The van der Waals surface area contributed by atoms with Crippen LogP contribution in [0.4, 0.5) is 5.69 Å². The highest BCUT2D eigenvalue weighted by atomic mass is 79.9. The van der Waals surface area contributed by atoms with Crippen molar-refractivity contribution in [1.82, 2.24) is 10.2 Å². The normalized spacial score (nSPS) is 26.9. The maximum Gasteiger partial charge on any atom is 0.220 e. The Morgan fingerprint density at radius 2 is 2.25 bits per heavy atom. The SMILES string of the molecule is Nc1cccc(CN2CCC3NC(=O)CCC3C2)c1Br. The summed E-state index contributed by atoms with van der Waals surface area (Å²) in [4.78, 5) is 13.9. The maximum absolute atomic E-state index is 11.4. The van der Waals surface area contributed by atoms with E-state index in [1.807, 2.05) is 12.1 Å². The van der Waals surface area contributed by atoms with Crippen LogP contribution in [-0.2, 0) is 11.3 Å². The number of nitrogens with one attached hydrogen (secondary N) is 1. The van der Waals surface area contributed by atoms with Crippen molar-refractivity contribution in [3.8, 4) is 0 Å². The Hall–Kier alpha value is -1.07. The second kappa shape index (κ2) is 5.74. The standard InChI is InChI=1S/C15H20BrN3O/c16-15-11(2-1-3-12(15)17)9-19-7-6-13-10(8-19)4-5-14(20)18-13/h1-3,10,13H,4-9,17H2,(H,18,20). The van der Waals surface area contributed by atoms with Gasteiger partial charge >= 0.3 is 0 Å². The second-order valence-electron chi connectivity index (χ2n) is 5.82. The lowest BCUT2D eigenvalue weighted by molar-refractivity contribution is -0.125. The van der Waals surface area contributed by atoms with Gasteiger partial charge in [0, 0.05) is 42.3 Å². The van der Waals surface area contributed by atoms with Gasteiger partial charge in [-0.05, 0) is 46.3 Å². The van der Waals surface area contributed by atoms with E-state index < -0.39 is 0 Å². The number of nitrogens with two attached hydrogens (primary N) is 1. The average molecular weight is 338 g/mol. The van der Waals surface area contributed by atoms with Gasteiger partial charge in [-0.1, -0.05) is 12.1 Å². The molecular weight excluding hydrogens is 318 g/mol. The highest BCUT2D eigenvalue weighted by molar-refractivity contribution is 9.10. The van der Waals surface area contributed by atoms with E-state index in [2.05, 4.69) is 32.2 Å². The number of rotatable bonds is 2. The van der Waals surface area contributed by atoms with Crippen LogP contribution in [0.1, 0.15) is 24.8 Å². The van der Waals surface area contributed by atoms with E-state index in [9.17, 15) is 4.79 Å². The number of piperidine rings is 2. The molecule has 5 heteroatoms. The van der Waals surface area contributed by atoms with Crippen molar-refractivity contribution in [3.63, 3.8) is 0 Å². The van der Waals surface area contributed by atoms with Crippen molar-refractivity contribution in [2.24, 2.45) is 5.92 Å². The number of carbonyl (C=O) groups is 1. The molecule has 1 amide bonds. The minimum Gasteiger partial charge on any atom is -0.398 e. The monoisotopic (exact) mass is 337 g/mol. The minimum atomic E-state index is 0.221. The molecule has 2 aliphatic heterocycles. The molecule has 1 aromatic rings. The van der Waals surface area contributed by atoms with Crippen LogP contribution < -0.4 is 11.1 Å². The van der Waals surface area contributed by atoms with Crippen LogP contribution in [0.15, 0.2) is 22.7 Å². The predicted octanol–water partition coefficient (Wildman–Crippen LogP) is 2.13. The Balaban J connectivity index is 1.65. The molecule has 0 bridgehead atoms. The molecule has 0 radical (unpaired) electrons. The van der Waals surface area contributed by atoms with E-state index in [-0.39, 0.29) is 5.91 Å². The van der Waals surface area contributed by atoms with Crippen molar-refractivity contribution >= 4 is 27.5 Å². The first-order valence-electron chi connectivity index (χ1n) is 7.18. The highest BCUT2D eigenvalue weighted by Crippen LogP contribution is 2.29. The second-order valence-corrected chi connectivity index (χ2v) is 6.61. The Bertz CT molecular complexity index is 520. The van der Waals surface area contributed by atoms with Crippen molar-refractivity contribution in [2.75, 3.05) is 18.8 Å². The summed E-state index contributed by atoms with van der Waals surface area (Å²) in [5.41, 5.74) is 7.97. The molecule has 2 unspecified atom stereocenters. The van der Waals surface area contributed by atoms with Crippen LogP contribution in [0, 0.1) is 5.92 Å². The first-order valence-corrected chi connectivity index (χ1v) is 7.97.